The molecular formula is C12H17N3O3. The van der Waals surface area contributed by atoms with Crippen LogP contribution >= 0.6 is 0 Å². The largest absolute Gasteiger partial charge is 0.480 e. The second kappa shape index (κ2) is 5.77. The Bertz CT molecular complexity index is 430. The first-order valence-corrected chi connectivity index (χ1v) is 6.12. The molecule has 1 aliphatic heterocycles. The lowest BCUT2D eigenvalue weighted by molar-refractivity contribution is -0.138. The van der Waals surface area contributed by atoms with Crippen molar-refractivity contribution in [3.63, 3.8) is 0 Å². The van der Waals surface area contributed by atoms with Crippen molar-refractivity contribution in [1.82, 2.24) is 14.7 Å². The minimum atomic E-state index is -0.782. The molecule has 2 heterocycles. The van der Waals surface area contributed by atoms with E-state index in [4.69, 9.17) is 5.11 Å². The van der Waals surface area contributed by atoms with E-state index in [1.807, 2.05) is 9.58 Å². The molecule has 1 unspecified atom stereocenters. The van der Waals surface area contributed by atoms with Crippen molar-refractivity contribution in [3.8, 4) is 0 Å². The Hall–Kier alpha value is -1.69. The standard InChI is InChI=1S/C12H17N3O3/c16-9-10-6-13-15(7-10)11-2-1-4-14(5-3-11)8-12(17)18/h6-7,9,11H,1-5,8H2,(H,17,18). The summed E-state index contributed by atoms with van der Waals surface area (Å²) in [6.07, 6.45) is 6.89. The molecule has 0 bridgehead atoms. The molecule has 0 aliphatic carbocycles. The van der Waals surface area contributed by atoms with Gasteiger partial charge in [-0.15, -0.1) is 0 Å². The van der Waals surface area contributed by atoms with Crippen LogP contribution in [-0.2, 0) is 4.79 Å². The minimum Gasteiger partial charge on any atom is -0.480 e. The van der Waals surface area contributed by atoms with Crippen LogP contribution in [0.25, 0.3) is 0 Å². The number of carbonyl (C=O) groups is 2. The fourth-order valence-corrected chi connectivity index (χ4v) is 2.37. The van der Waals surface area contributed by atoms with Crippen molar-refractivity contribution in [2.24, 2.45) is 0 Å². The summed E-state index contributed by atoms with van der Waals surface area (Å²) < 4.78 is 1.83. The van der Waals surface area contributed by atoms with Crippen LogP contribution in [0.1, 0.15) is 35.7 Å². The third kappa shape index (κ3) is 3.16. The molecule has 0 aromatic carbocycles. The Morgan fingerprint density at radius 3 is 3.00 bits per heavy atom. The summed E-state index contributed by atoms with van der Waals surface area (Å²) in [5.41, 5.74) is 0.585. The van der Waals surface area contributed by atoms with Crippen LogP contribution in [0.4, 0.5) is 0 Å². The molecule has 0 amide bonds. The first-order chi connectivity index (χ1) is 8.69. The summed E-state index contributed by atoms with van der Waals surface area (Å²) in [5.74, 6) is -0.782. The van der Waals surface area contributed by atoms with Gasteiger partial charge in [0.05, 0.1) is 24.3 Å². The summed E-state index contributed by atoms with van der Waals surface area (Å²) >= 11 is 0. The number of hydrogen-bond acceptors (Lipinski definition) is 4. The van der Waals surface area contributed by atoms with Crippen LogP contribution < -0.4 is 0 Å². The number of carbonyl (C=O) groups excluding carboxylic acids is 1. The van der Waals surface area contributed by atoms with Crippen molar-refractivity contribution in [2.45, 2.75) is 25.3 Å². The SMILES string of the molecule is O=Cc1cnn(C2CCCN(CC(=O)O)CC2)c1. The highest BCUT2D eigenvalue weighted by molar-refractivity contribution is 5.73. The van der Waals surface area contributed by atoms with Crippen LogP contribution in [-0.4, -0.2) is 51.7 Å². The van der Waals surface area contributed by atoms with E-state index in [1.54, 1.807) is 12.4 Å². The molecule has 1 fully saturated rings. The molecule has 98 valence electrons. The summed E-state index contributed by atoms with van der Waals surface area (Å²) in [5, 5.41) is 13.0. The van der Waals surface area contributed by atoms with Crippen LogP contribution in [0, 0.1) is 0 Å². The number of aldehydes is 1. The topological polar surface area (TPSA) is 75.4 Å². The molecule has 0 saturated carbocycles. The Balaban J connectivity index is 1.96. The first kappa shape index (κ1) is 12.8. The van der Waals surface area contributed by atoms with Gasteiger partial charge in [0.2, 0.25) is 0 Å². The molecule has 0 radical (unpaired) electrons. The van der Waals surface area contributed by atoms with E-state index in [0.29, 0.717) is 5.56 Å². The van der Waals surface area contributed by atoms with Crippen LogP contribution in [0.2, 0.25) is 0 Å². The molecule has 1 aromatic heterocycles. The van der Waals surface area contributed by atoms with Gasteiger partial charge < -0.3 is 5.11 Å². The van der Waals surface area contributed by atoms with Crippen molar-refractivity contribution in [3.05, 3.63) is 18.0 Å². The van der Waals surface area contributed by atoms with Gasteiger partial charge in [-0.1, -0.05) is 0 Å². The van der Waals surface area contributed by atoms with Gasteiger partial charge in [-0.05, 0) is 25.8 Å². The van der Waals surface area contributed by atoms with E-state index in [0.717, 1.165) is 38.6 Å². The molecule has 6 nitrogen and oxygen atoms in total. The van der Waals surface area contributed by atoms with E-state index in [1.165, 1.54) is 0 Å². The van der Waals surface area contributed by atoms with Crippen LogP contribution in [0.5, 0.6) is 0 Å². The first-order valence-electron chi connectivity index (χ1n) is 6.12. The molecule has 18 heavy (non-hydrogen) atoms. The predicted octanol–water partition coefficient (Wildman–Crippen LogP) is 0.807. The number of carboxylic acids is 1. The van der Waals surface area contributed by atoms with Crippen LogP contribution in [0.15, 0.2) is 12.4 Å². The van der Waals surface area contributed by atoms with Crippen LogP contribution in [0.3, 0.4) is 0 Å². The summed E-state index contributed by atoms with van der Waals surface area (Å²) in [7, 11) is 0. The normalized spacial score (nSPS) is 21.4. The van der Waals surface area contributed by atoms with Gasteiger partial charge >= 0.3 is 5.97 Å². The average Bonchev–Trinajstić information content (AvgIpc) is 2.70. The molecule has 6 heteroatoms. The van der Waals surface area contributed by atoms with Crippen molar-refractivity contribution < 1.29 is 14.7 Å². The maximum Gasteiger partial charge on any atom is 0.317 e. The maximum atomic E-state index is 10.7. The molecule has 1 saturated heterocycles. The second-order valence-electron chi connectivity index (χ2n) is 4.63. The summed E-state index contributed by atoms with van der Waals surface area (Å²) in [6, 6.07) is 0.262. The lowest BCUT2D eigenvalue weighted by Crippen LogP contribution is -2.30. The molecule has 2 rings (SSSR count). The zero-order chi connectivity index (χ0) is 13.0. The van der Waals surface area contributed by atoms with Gasteiger partial charge in [-0.25, -0.2) is 0 Å². The fraction of sp³-hybridized carbons (Fsp3) is 0.583. The molecule has 1 aliphatic rings. The quantitative estimate of drug-likeness (QED) is 0.801. The van der Waals surface area contributed by atoms with Gasteiger partial charge in [0.15, 0.2) is 6.29 Å². The molecule has 1 N–H and O–H groups in total. The third-order valence-corrected chi connectivity index (χ3v) is 3.28. The highest BCUT2D eigenvalue weighted by atomic mass is 16.4. The lowest BCUT2D eigenvalue weighted by Gasteiger charge is -2.17. The zero-order valence-corrected chi connectivity index (χ0v) is 10.2. The highest BCUT2D eigenvalue weighted by Crippen LogP contribution is 2.21. The van der Waals surface area contributed by atoms with E-state index < -0.39 is 5.97 Å². The lowest BCUT2D eigenvalue weighted by atomic mass is 10.1. The molecule has 1 aromatic rings. The fourth-order valence-electron chi connectivity index (χ4n) is 2.37. The number of aliphatic carboxylic acids is 1. The maximum absolute atomic E-state index is 10.7. The number of rotatable bonds is 4. The van der Waals surface area contributed by atoms with Gasteiger partial charge in [-0.2, -0.15) is 5.10 Å². The summed E-state index contributed by atoms with van der Waals surface area (Å²) in [4.78, 5) is 23.2. The number of carboxylic acid groups (broad SMARTS) is 1. The van der Waals surface area contributed by atoms with E-state index in [9.17, 15) is 9.59 Å². The van der Waals surface area contributed by atoms with E-state index in [-0.39, 0.29) is 12.6 Å². The second-order valence-corrected chi connectivity index (χ2v) is 4.63. The monoisotopic (exact) mass is 251 g/mol. The number of nitrogens with zero attached hydrogens (tertiary/aromatic N) is 3. The van der Waals surface area contributed by atoms with Crippen molar-refractivity contribution in [1.29, 1.82) is 0 Å². The third-order valence-electron chi connectivity index (χ3n) is 3.28. The summed E-state index contributed by atoms with van der Waals surface area (Å²) in [6.45, 7) is 1.67. The smallest absolute Gasteiger partial charge is 0.317 e. The highest BCUT2D eigenvalue weighted by Gasteiger charge is 2.20. The van der Waals surface area contributed by atoms with Gasteiger partial charge in [-0.3, -0.25) is 19.2 Å². The van der Waals surface area contributed by atoms with Gasteiger partial charge in [0.25, 0.3) is 0 Å². The van der Waals surface area contributed by atoms with E-state index in [2.05, 4.69) is 5.10 Å². The van der Waals surface area contributed by atoms with Crippen molar-refractivity contribution in [2.75, 3.05) is 19.6 Å². The Kier molecular flexibility index (Phi) is 4.09. The van der Waals surface area contributed by atoms with Crippen molar-refractivity contribution >= 4 is 12.3 Å². The Morgan fingerprint density at radius 2 is 2.33 bits per heavy atom. The Labute approximate surface area is 105 Å². The minimum absolute atomic E-state index is 0.103. The predicted molar refractivity (Wildman–Crippen MR) is 64.6 cm³/mol. The molecule has 1 atom stereocenters. The van der Waals surface area contributed by atoms with Gasteiger partial charge in [0.1, 0.15) is 0 Å². The molecule has 0 spiro atoms. The number of likely N-dealkylation sites (tertiary alicyclic amines) is 1. The Morgan fingerprint density at radius 1 is 1.50 bits per heavy atom. The molecular weight excluding hydrogens is 234 g/mol. The number of aromatic nitrogens is 2. The van der Waals surface area contributed by atoms with E-state index >= 15 is 0 Å². The number of hydrogen-bond donors (Lipinski definition) is 1. The van der Waals surface area contributed by atoms with Gasteiger partial charge in [0, 0.05) is 12.7 Å². The average molecular weight is 251 g/mol. The zero-order valence-electron chi connectivity index (χ0n) is 10.2.